The summed E-state index contributed by atoms with van der Waals surface area (Å²) in [5, 5.41) is 1.66. The van der Waals surface area contributed by atoms with Crippen molar-refractivity contribution >= 4 is 27.8 Å². The molecule has 0 saturated carbocycles. The number of para-hydroxylation sites is 1. The minimum atomic E-state index is -0.388. The number of halogens is 1. The Morgan fingerprint density at radius 3 is 2.92 bits per heavy atom. The third-order valence-electron chi connectivity index (χ3n) is 3.92. The van der Waals surface area contributed by atoms with Gasteiger partial charge in [0, 0.05) is 22.5 Å². The normalized spacial score (nSPS) is 11.2. The number of esters is 1. The molecule has 4 aromatic rings. The summed E-state index contributed by atoms with van der Waals surface area (Å²) in [6.07, 6.45) is 1.77. The minimum absolute atomic E-state index is 0.0731. The standard InChI is InChI=1S/C19H14FNO3/c20-14-5-6-17-16(9-14)13(10-21-17)8-19(22)23-11-15-7-12-3-1-2-4-18(12)24-15/h1-7,9-10,21H,8,11H2. The topological polar surface area (TPSA) is 55.2 Å². The van der Waals surface area contributed by atoms with Gasteiger partial charge < -0.3 is 14.1 Å². The van der Waals surface area contributed by atoms with E-state index in [2.05, 4.69) is 4.98 Å². The molecule has 0 aliphatic carbocycles. The highest BCUT2D eigenvalue weighted by molar-refractivity contribution is 5.87. The molecule has 0 spiro atoms. The second-order valence-corrected chi connectivity index (χ2v) is 5.59. The van der Waals surface area contributed by atoms with Crippen LogP contribution < -0.4 is 0 Å². The van der Waals surface area contributed by atoms with Crippen molar-refractivity contribution in [1.82, 2.24) is 4.98 Å². The third-order valence-corrected chi connectivity index (χ3v) is 3.92. The van der Waals surface area contributed by atoms with Crippen molar-refractivity contribution in [3.05, 3.63) is 71.9 Å². The number of benzene rings is 2. The Bertz CT molecular complexity index is 998. The largest absolute Gasteiger partial charge is 0.457 e. The smallest absolute Gasteiger partial charge is 0.310 e. The molecule has 0 bridgehead atoms. The summed E-state index contributed by atoms with van der Waals surface area (Å²) < 4.78 is 24.2. The van der Waals surface area contributed by atoms with E-state index >= 15 is 0 Å². The van der Waals surface area contributed by atoms with Gasteiger partial charge in [0.1, 0.15) is 23.8 Å². The first kappa shape index (κ1) is 14.5. The lowest BCUT2D eigenvalue weighted by atomic mass is 10.1. The van der Waals surface area contributed by atoms with Gasteiger partial charge in [-0.25, -0.2) is 4.39 Å². The molecule has 4 nitrogen and oxygen atoms in total. The molecule has 0 fully saturated rings. The molecule has 0 aliphatic heterocycles. The molecule has 2 aromatic heterocycles. The van der Waals surface area contributed by atoms with Gasteiger partial charge in [0.25, 0.3) is 0 Å². The van der Waals surface area contributed by atoms with Gasteiger partial charge >= 0.3 is 5.97 Å². The molecule has 0 saturated heterocycles. The van der Waals surface area contributed by atoms with Gasteiger partial charge in [0.2, 0.25) is 0 Å². The number of aromatic amines is 1. The number of hydrogen-bond acceptors (Lipinski definition) is 3. The van der Waals surface area contributed by atoms with Crippen LogP contribution in [0.3, 0.4) is 0 Å². The van der Waals surface area contributed by atoms with E-state index in [1.165, 1.54) is 12.1 Å². The van der Waals surface area contributed by atoms with Crippen molar-refractivity contribution in [2.45, 2.75) is 13.0 Å². The molecule has 120 valence electrons. The predicted molar refractivity (Wildman–Crippen MR) is 88.0 cm³/mol. The molecule has 24 heavy (non-hydrogen) atoms. The summed E-state index contributed by atoms with van der Waals surface area (Å²) in [6.45, 7) is 0.0736. The fourth-order valence-corrected chi connectivity index (χ4v) is 2.76. The lowest BCUT2D eigenvalue weighted by molar-refractivity contribution is -0.144. The summed E-state index contributed by atoms with van der Waals surface area (Å²) in [5.74, 6) is -0.130. The molecule has 4 rings (SSSR count). The second-order valence-electron chi connectivity index (χ2n) is 5.59. The van der Waals surface area contributed by atoms with Crippen molar-refractivity contribution in [2.75, 3.05) is 0 Å². The first-order chi connectivity index (χ1) is 11.7. The fourth-order valence-electron chi connectivity index (χ4n) is 2.76. The predicted octanol–water partition coefficient (Wildman–Crippen LogP) is 4.34. The maximum atomic E-state index is 13.4. The Kier molecular flexibility index (Phi) is 3.54. The van der Waals surface area contributed by atoms with Crippen LogP contribution in [0.15, 0.2) is 59.1 Å². The van der Waals surface area contributed by atoms with E-state index in [0.29, 0.717) is 16.7 Å². The molecule has 0 radical (unpaired) electrons. The molecule has 1 N–H and O–H groups in total. The Balaban J connectivity index is 1.45. The average molecular weight is 323 g/mol. The van der Waals surface area contributed by atoms with Gasteiger partial charge in [-0.3, -0.25) is 4.79 Å². The molecule has 0 aliphatic rings. The van der Waals surface area contributed by atoms with Gasteiger partial charge in [-0.15, -0.1) is 0 Å². The molecule has 0 atom stereocenters. The molecule has 5 heteroatoms. The van der Waals surface area contributed by atoms with E-state index in [0.717, 1.165) is 16.5 Å². The van der Waals surface area contributed by atoms with Crippen LogP contribution >= 0.6 is 0 Å². The zero-order chi connectivity index (χ0) is 16.5. The zero-order valence-electron chi connectivity index (χ0n) is 12.7. The van der Waals surface area contributed by atoms with Gasteiger partial charge in [-0.1, -0.05) is 18.2 Å². The number of carbonyl (C=O) groups excluding carboxylic acids is 1. The second kappa shape index (κ2) is 5.85. The van der Waals surface area contributed by atoms with Crippen LogP contribution in [-0.2, 0) is 22.6 Å². The number of ether oxygens (including phenoxy) is 1. The number of aromatic nitrogens is 1. The van der Waals surface area contributed by atoms with Crippen molar-refractivity contribution in [3.63, 3.8) is 0 Å². The van der Waals surface area contributed by atoms with Gasteiger partial charge in [0.15, 0.2) is 0 Å². The quantitative estimate of drug-likeness (QED) is 0.568. The number of rotatable bonds is 4. The van der Waals surface area contributed by atoms with E-state index in [-0.39, 0.29) is 24.8 Å². The van der Waals surface area contributed by atoms with Crippen molar-refractivity contribution < 1.29 is 18.3 Å². The number of nitrogens with one attached hydrogen (secondary N) is 1. The van der Waals surface area contributed by atoms with Gasteiger partial charge in [-0.2, -0.15) is 0 Å². The van der Waals surface area contributed by atoms with Crippen LogP contribution in [0.25, 0.3) is 21.9 Å². The number of H-pyrrole nitrogens is 1. The van der Waals surface area contributed by atoms with Crippen LogP contribution in [0, 0.1) is 5.82 Å². The molecule has 0 amide bonds. The van der Waals surface area contributed by atoms with Crippen molar-refractivity contribution in [1.29, 1.82) is 0 Å². The lowest BCUT2D eigenvalue weighted by Gasteiger charge is -2.02. The first-order valence-electron chi connectivity index (χ1n) is 7.57. The highest BCUT2D eigenvalue weighted by Gasteiger charge is 2.12. The Morgan fingerprint density at radius 2 is 2.04 bits per heavy atom. The van der Waals surface area contributed by atoms with Crippen molar-refractivity contribution in [2.24, 2.45) is 0 Å². The number of fused-ring (bicyclic) bond motifs is 2. The number of hydrogen-bond donors (Lipinski definition) is 1. The first-order valence-corrected chi connectivity index (χ1v) is 7.57. The summed E-state index contributed by atoms with van der Waals surface area (Å²) in [6, 6.07) is 13.9. The number of furan rings is 1. The van der Waals surface area contributed by atoms with Crippen LogP contribution in [-0.4, -0.2) is 11.0 Å². The van der Waals surface area contributed by atoms with Crippen LogP contribution in [0.1, 0.15) is 11.3 Å². The van der Waals surface area contributed by atoms with Gasteiger partial charge in [-0.05, 0) is 35.9 Å². The number of carbonyl (C=O) groups is 1. The molecule has 2 aromatic carbocycles. The SMILES string of the molecule is O=C(Cc1c[nH]c2ccc(F)cc12)OCc1cc2ccccc2o1. The fraction of sp³-hybridized carbons (Fsp3) is 0.105. The maximum Gasteiger partial charge on any atom is 0.310 e. The van der Waals surface area contributed by atoms with E-state index < -0.39 is 0 Å². The highest BCUT2D eigenvalue weighted by atomic mass is 19.1. The summed E-state index contributed by atoms with van der Waals surface area (Å²) in [7, 11) is 0. The Labute approximate surface area is 136 Å². The molecular weight excluding hydrogens is 309 g/mol. The van der Waals surface area contributed by atoms with Crippen LogP contribution in [0.5, 0.6) is 0 Å². The summed E-state index contributed by atoms with van der Waals surface area (Å²) in [4.78, 5) is 15.1. The third kappa shape index (κ3) is 2.76. The summed E-state index contributed by atoms with van der Waals surface area (Å²) in [5.41, 5.74) is 2.26. The minimum Gasteiger partial charge on any atom is -0.457 e. The van der Waals surface area contributed by atoms with E-state index in [1.807, 2.05) is 30.3 Å². The average Bonchev–Trinajstić information content (AvgIpc) is 3.17. The Morgan fingerprint density at radius 1 is 1.17 bits per heavy atom. The molecule has 2 heterocycles. The van der Waals surface area contributed by atoms with E-state index in [9.17, 15) is 9.18 Å². The molecule has 0 unspecified atom stereocenters. The van der Waals surface area contributed by atoms with Crippen LogP contribution in [0.4, 0.5) is 4.39 Å². The van der Waals surface area contributed by atoms with Crippen molar-refractivity contribution in [3.8, 4) is 0 Å². The highest BCUT2D eigenvalue weighted by Crippen LogP contribution is 2.21. The van der Waals surface area contributed by atoms with E-state index in [4.69, 9.17) is 9.15 Å². The van der Waals surface area contributed by atoms with Crippen LogP contribution in [0.2, 0.25) is 0 Å². The maximum absolute atomic E-state index is 13.4. The molecular formula is C19H14FNO3. The lowest BCUT2D eigenvalue weighted by Crippen LogP contribution is -2.07. The zero-order valence-corrected chi connectivity index (χ0v) is 12.7. The summed E-state index contributed by atoms with van der Waals surface area (Å²) >= 11 is 0. The Hall–Kier alpha value is -3.08. The van der Waals surface area contributed by atoms with E-state index in [1.54, 1.807) is 12.3 Å². The monoisotopic (exact) mass is 323 g/mol. The van der Waals surface area contributed by atoms with Gasteiger partial charge in [0.05, 0.1) is 6.42 Å².